The molecule has 3 nitrogen and oxygen atoms in total. The molecular formula is C15H19ClN2O. The number of benzene rings is 1. The molecule has 2 aromatic rings. The first-order valence-electron chi connectivity index (χ1n) is 6.43. The molecule has 1 heterocycles. The summed E-state index contributed by atoms with van der Waals surface area (Å²) >= 11 is 6.23. The van der Waals surface area contributed by atoms with Gasteiger partial charge < -0.3 is 10.3 Å². The van der Waals surface area contributed by atoms with E-state index in [1.54, 1.807) is 0 Å². The van der Waals surface area contributed by atoms with Crippen molar-refractivity contribution in [1.29, 1.82) is 0 Å². The van der Waals surface area contributed by atoms with Gasteiger partial charge in [-0.1, -0.05) is 50.6 Å². The summed E-state index contributed by atoms with van der Waals surface area (Å²) in [5, 5.41) is 4.27. The van der Waals surface area contributed by atoms with Crippen molar-refractivity contribution in [3.05, 3.63) is 35.0 Å². The Bertz CT molecular complexity index is 596. The molecule has 0 radical (unpaired) electrons. The van der Waals surface area contributed by atoms with E-state index in [0.717, 1.165) is 17.3 Å². The zero-order chi connectivity index (χ0) is 14.0. The smallest absolute Gasteiger partial charge is 0.269 e. The van der Waals surface area contributed by atoms with Crippen molar-refractivity contribution >= 4 is 28.4 Å². The van der Waals surface area contributed by atoms with Crippen molar-refractivity contribution in [2.45, 2.75) is 27.2 Å². The molecule has 0 unspecified atom stereocenters. The lowest BCUT2D eigenvalue weighted by Gasteiger charge is -2.17. The molecule has 2 rings (SSSR count). The van der Waals surface area contributed by atoms with E-state index < -0.39 is 0 Å². The van der Waals surface area contributed by atoms with Gasteiger partial charge in [-0.25, -0.2) is 0 Å². The molecule has 0 aliphatic heterocycles. The van der Waals surface area contributed by atoms with Gasteiger partial charge in [0.1, 0.15) is 5.69 Å². The highest BCUT2D eigenvalue weighted by molar-refractivity contribution is 6.38. The molecule has 1 aromatic heterocycles. The third-order valence-electron chi connectivity index (χ3n) is 3.03. The van der Waals surface area contributed by atoms with E-state index in [1.165, 1.54) is 0 Å². The molecule has 0 atom stereocenters. The topological polar surface area (TPSA) is 44.9 Å². The molecule has 0 saturated carbocycles. The van der Waals surface area contributed by atoms with E-state index in [1.807, 2.05) is 24.3 Å². The number of carbonyl (C=O) groups excluding carboxylic acids is 1. The van der Waals surface area contributed by atoms with Crippen LogP contribution in [0.2, 0.25) is 5.02 Å². The molecule has 2 N–H and O–H groups in total. The van der Waals surface area contributed by atoms with Gasteiger partial charge in [-0.3, -0.25) is 4.79 Å². The van der Waals surface area contributed by atoms with Crippen LogP contribution in [0.25, 0.3) is 10.9 Å². The van der Waals surface area contributed by atoms with Crippen LogP contribution in [0, 0.1) is 5.41 Å². The zero-order valence-electron chi connectivity index (χ0n) is 11.5. The first kappa shape index (κ1) is 13.9. The molecule has 4 heteroatoms. The van der Waals surface area contributed by atoms with Gasteiger partial charge in [0.2, 0.25) is 0 Å². The molecule has 0 fully saturated rings. The molecule has 19 heavy (non-hydrogen) atoms. The summed E-state index contributed by atoms with van der Waals surface area (Å²) in [6.07, 6.45) is 0.927. The second kappa shape index (κ2) is 5.25. The lowest BCUT2D eigenvalue weighted by Crippen LogP contribution is -2.27. The minimum Gasteiger partial charge on any atom is -0.351 e. The number of aromatic amines is 1. The van der Waals surface area contributed by atoms with E-state index in [2.05, 4.69) is 31.1 Å². The number of H-pyrrole nitrogens is 1. The number of fused-ring (bicyclic) bond motifs is 1. The van der Waals surface area contributed by atoms with Crippen LogP contribution >= 0.6 is 11.6 Å². The average molecular weight is 279 g/mol. The van der Waals surface area contributed by atoms with Crippen LogP contribution in [-0.2, 0) is 0 Å². The lowest BCUT2D eigenvalue weighted by molar-refractivity contribution is 0.0945. The van der Waals surface area contributed by atoms with Gasteiger partial charge in [-0.15, -0.1) is 0 Å². The van der Waals surface area contributed by atoms with Gasteiger partial charge in [0, 0.05) is 17.4 Å². The third kappa shape index (κ3) is 3.29. The fourth-order valence-corrected chi connectivity index (χ4v) is 2.20. The predicted molar refractivity (Wildman–Crippen MR) is 79.7 cm³/mol. The predicted octanol–water partition coefficient (Wildman–Crippen LogP) is 3.99. The Morgan fingerprint density at radius 3 is 2.63 bits per heavy atom. The Hall–Kier alpha value is -1.48. The highest BCUT2D eigenvalue weighted by Gasteiger charge is 2.16. The molecule has 1 amide bonds. The fourth-order valence-electron chi connectivity index (χ4n) is 1.90. The van der Waals surface area contributed by atoms with E-state index in [9.17, 15) is 4.79 Å². The molecule has 0 aliphatic carbocycles. The molecule has 102 valence electrons. The van der Waals surface area contributed by atoms with Gasteiger partial charge in [0.15, 0.2) is 0 Å². The van der Waals surface area contributed by atoms with E-state index in [-0.39, 0.29) is 11.3 Å². The standard InChI is InChI=1S/C15H19ClN2O/c1-15(2,3)8-9-17-14(19)13-12(16)10-6-4-5-7-11(10)18-13/h4-7,18H,8-9H2,1-3H3,(H,17,19). The summed E-state index contributed by atoms with van der Waals surface area (Å²) in [6.45, 7) is 7.09. The Labute approximate surface area is 118 Å². The van der Waals surface area contributed by atoms with E-state index in [0.29, 0.717) is 17.3 Å². The summed E-state index contributed by atoms with van der Waals surface area (Å²) in [5.41, 5.74) is 1.53. The normalized spacial score (nSPS) is 11.8. The van der Waals surface area contributed by atoms with Crippen molar-refractivity contribution in [3.8, 4) is 0 Å². The number of halogens is 1. The van der Waals surface area contributed by atoms with E-state index >= 15 is 0 Å². The van der Waals surface area contributed by atoms with Gasteiger partial charge in [-0.2, -0.15) is 0 Å². The van der Waals surface area contributed by atoms with E-state index in [4.69, 9.17) is 11.6 Å². The van der Waals surface area contributed by atoms with Gasteiger partial charge >= 0.3 is 0 Å². The number of hydrogen-bond acceptors (Lipinski definition) is 1. The van der Waals surface area contributed by atoms with Crippen LogP contribution in [0.15, 0.2) is 24.3 Å². The summed E-state index contributed by atoms with van der Waals surface area (Å²) in [7, 11) is 0. The second-order valence-corrected chi connectivity index (χ2v) is 6.30. The Morgan fingerprint density at radius 1 is 1.32 bits per heavy atom. The van der Waals surface area contributed by atoms with Crippen LogP contribution in [0.1, 0.15) is 37.7 Å². The lowest BCUT2D eigenvalue weighted by atomic mass is 9.92. The largest absolute Gasteiger partial charge is 0.351 e. The number of para-hydroxylation sites is 1. The van der Waals surface area contributed by atoms with Gasteiger partial charge in [-0.05, 0) is 17.9 Å². The van der Waals surface area contributed by atoms with Crippen LogP contribution in [0.5, 0.6) is 0 Å². The Kier molecular flexibility index (Phi) is 3.85. The van der Waals surface area contributed by atoms with Crippen LogP contribution < -0.4 is 5.32 Å². The number of aromatic nitrogens is 1. The summed E-state index contributed by atoms with van der Waals surface area (Å²) in [4.78, 5) is 15.2. The van der Waals surface area contributed by atoms with Crippen molar-refractivity contribution in [1.82, 2.24) is 10.3 Å². The summed E-state index contributed by atoms with van der Waals surface area (Å²) < 4.78 is 0. The maximum Gasteiger partial charge on any atom is 0.269 e. The van der Waals surface area contributed by atoms with Gasteiger partial charge in [0.05, 0.1) is 5.02 Å². The van der Waals surface area contributed by atoms with Crippen LogP contribution in [0.4, 0.5) is 0 Å². The second-order valence-electron chi connectivity index (χ2n) is 5.93. The Morgan fingerprint density at radius 2 is 2.00 bits per heavy atom. The highest BCUT2D eigenvalue weighted by atomic mass is 35.5. The fraction of sp³-hybridized carbons (Fsp3) is 0.400. The first-order chi connectivity index (χ1) is 8.88. The number of hydrogen-bond donors (Lipinski definition) is 2. The molecule has 0 saturated heterocycles. The molecule has 0 aliphatic rings. The number of carbonyl (C=O) groups is 1. The zero-order valence-corrected chi connectivity index (χ0v) is 12.3. The maximum atomic E-state index is 12.1. The van der Waals surface area contributed by atoms with Gasteiger partial charge in [0.25, 0.3) is 5.91 Å². The van der Waals surface area contributed by atoms with Crippen molar-refractivity contribution in [2.75, 3.05) is 6.54 Å². The average Bonchev–Trinajstić information content (AvgIpc) is 2.66. The number of amides is 1. The van der Waals surface area contributed by atoms with Crippen molar-refractivity contribution < 1.29 is 4.79 Å². The molecule has 1 aromatic carbocycles. The number of rotatable bonds is 3. The van der Waals surface area contributed by atoms with Crippen molar-refractivity contribution in [2.24, 2.45) is 5.41 Å². The molecule has 0 bridgehead atoms. The Balaban J connectivity index is 2.11. The minimum absolute atomic E-state index is 0.148. The van der Waals surface area contributed by atoms with Crippen LogP contribution in [0.3, 0.4) is 0 Å². The molecule has 0 spiro atoms. The van der Waals surface area contributed by atoms with Crippen LogP contribution in [-0.4, -0.2) is 17.4 Å². The first-order valence-corrected chi connectivity index (χ1v) is 6.81. The molecular weight excluding hydrogens is 260 g/mol. The third-order valence-corrected chi connectivity index (χ3v) is 3.42. The minimum atomic E-state index is -0.148. The number of nitrogens with one attached hydrogen (secondary N) is 2. The van der Waals surface area contributed by atoms with Crippen molar-refractivity contribution in [3.63, 3.8) is 0 Å². The summed E-state index contributed by atoms with van der Waals surface area (Å²) in [6, 6.07) is 7.63. The SMILES string of the molecule is CC(C)(C)CCNC(=O)c1[nH]c2ccccc2c1Cl. The quantitative estimate of drug-likeness (QED) is 0.876. The highest BCUT2D eigenvalue weighted by Crippen LogP contribution is 2.27. The monoisotopic (exact) mass is 278 g/mol. The maximum absolute atomic E-state index is 12.1. The summed E-state index contributed by atoms with van der Waals surface area (Å²) in [5.74, 6) is -0.148.